The lowest BCUT2D eigenvalue weighted by Gasteiger charge is -2.10. The second kappa shape index (κ2) is 4.80. The average Bonchev–Trinajstić information content (AvgIpc) is 1.83. The molecule has 0 N–H and O–H groups in total. The third-order valence-corrected chi connectivity index (χ3v) is 1.16. The quantitative estimate of drug-likeness (QED) is 0.567. The van der Waals surface area contributed by atoms with E-state index < -0.39 is 0 Å². The van der Waals surface area contributed by atoms with Gasteiger partial charge in [0.2, 0.25) is 0 Å². The Morgan fingerprint density at radius 3 is 2.22 bits per heavy atom. The number of rotatable bonds is 4. The first-order valence-electron chi connectivity index (χ1n) is 3.65. The zero-order valence-corrected chi connectivity index (χ0v) is 6.85. The molecule has 0 saturated carbocycles. The molecule has 0 aliphatic heterocycles. The van der Waals surface area contributed by atoms with Crippen molar-refractivity contribution in [2.24, 2.45) is 5.92 Å². The molecule has 0 spiro atoms. The van der Waals surface area contributed by atoms with E-state index in [0.717, 1.165) is 6.42 Å². The molecule has 0 aromatic heterocycles. The lowest BCUT2D eigenvalue weighted by molar-refractivity contribution is 0.0991. The highest BCUT2D eigenvalue weighted by Crippen LogP contribution is 2.04. The molecule has 0 aliphatic carbocycles. The predicted octanol–water partition coefficient (Wildman–Crippen LogP) is 2.62. The van der Waals surface area contributed by atoms with Gasteiger partial charge in [0.1, 0.15) is 0 Å². The van der Waals surface area contributed by atoms with Crippen molar-refractivity contribution in [3.05, 3.63) is 6.61 Å². The first-order chi connectivity index (χ1) is 4.16. The molecule has 0 fully saturated rings. The molecular weight excluding hydrogens is 112 g/mol. The summed E-state index contributed by atoms with van der Waals surface area (Å²) in [6.45, 7) is 10.3. The van der Waals surface area contributed by atoms with Gasteiger partial charge in [0, 0.05) is 0 Å². The van der Waals surface area contributed by atoms with Gasteiger partial charge in [-0.1, -0.05) is 20.8 Å². The van der Waals surface area contributed by atoms with Crippen LogP contribution < -0.4 is 0 Å². The third kappa shape index (κ3) is 5.84. The molecule has 1 atom stereocenters. The van der Waals surface area contributed by atoms with Gasteiger partial charge in [-0.15, -0.1) is 0 Å². The van der Waals surface area contributed by atoms with Crippen molar-refractivity contribution < 1.29 is 4.74 Å². The van der Waals surface area contributed by atoms with Gasteiger partial charge in [-0.25, -0.2) is 0 Å². The van der Waals surface area contributed by atoms with E-state index in [-0.39, 0.29) is 0 Å². The minimum Gasteiger partial charge on any atom is -0.372 e. The minimum absolute atomic E-state index is 0.382. The molecule has 1 radical (unpaired) electrons. The molecule has 0 aromatic carbocycles. The molecule has 9 heavy (non-hydrogen) atoms. The standard InChI is InChI=1S/C8H17O/c1-5-8(4)9-6-7(2)3/h6-8H,5H2,1-4H3. The van der Waals surface area contributed by atoms with Crippen molar-refractivity contribution in [3.8, 4) is 0 Å². The first kappa shape index (κ1) is 8.96. The molecule has 0 aromatic rings. The van der Waals surface area contributed by atoms with Gasteiger partial charge in [-0.3, -0.25) is 0 Å². The van der Waals surface area contributed by atoms with Crippen molar-refractivity contribution in [3.63, 3.8) is 0 Å². The third-order valence-electron chi connectivity index (χ3n) is 1.16. The monoisotopic (exact) mass is 129 g/mol. The summed E-state index contributed by atoms with van der Waals surface area (Å²) in [5.74, 6) is 0.541. The Balaban J connectivity index is 3.06. The molecule has 0 bridgehead atoms. The van der Waals surface area contributed by atoms with Crippen LogP contribution in [-0.2, 0) is 4.74 Å². The van der Waals surface area contributed by atoms with Gasteiger partial charge in [0.05, 0.1) is 12.7 Å². The van der Waals surface area contributed by atoms with E-state index >= 15 is 0 Å². The maximum atomic E-state index is 5.33. The van der Waals surface area contributed by atoms with Crippen molar-refractivity contribution >= 4 is 0 Å². The van der Waals surface area contributed by atoms with Crippen molar-refractivity contribution in [2.75, 3.05) is 0 Å². The number of ether oxygens (including phenoxy) is 1. The predicted molar refractivity (Wildman–Crippen MR) is 40.0 cm³/mol. The van der Waals surface area contributed by atoms with Gasteiger partial charge >= 0.3 is 0 Å². The van der Waals surface area contributed by atoms with Crippen LogP contribution in [0, 0.1) is 12.5 Å². The van der Waals surface area contributed by atoms with Crippen LogP contribution in [0.15, 0.2) is 0 Å². The van der Waals surface area contributed by atoms with Gasteiger partial charge in [-0.2, -0.15) is 0 Å². The van der Waals surface area contributed by atoms with Crippen LogP contribution in [0.5, 0.6) is 0 Å². The van der Waals surface area contributed by atoms with E-state index in [0.29, 0.717) is 12.0 Å². The number of hydrogen-bond acceptors (Lipinski definition) is 1. The minimum atomic E-state index is 0.382. The molecule has 0 amide bonds. The van der Waals surface area contributed by atoms with Gasteiger partial charge in [0.25, 0.3) is 0 Å². The fourth-order valence-electron chi connectivity index (χ4n) is 0.387. The van der Waals surface area contributed by atoms with E-state index in [9.17, 15) is 0 Å². The van der Waals surface area contributed by atoms with E-state index in [4.69, 9.17) is 4.74 Å². The van der Waals surface area contributed by atoms with E-state index in [1.807, 2.05) is 6.61 Å². The highest BCUT2D eigenvalue weighted by atomic mass is 16.5. The molecular formula is C8H17O. The lowest BCUT2D eigenvalue weighted by atomic mass is 10.2. The van der Waals surface area contributed by atoms with Crippen LogP contribution >= 0.6 is 0 Å². The maximum absolute atomic E-state index is 5.33. The van der Waals surface area contributed by atoms with Crippen molar-refractivity contribution in [2.45, 2.75) is 40.2 Å². The first-order valence-corrected chi connectivity index (χ1v) is 3.65. The smallest absolute Gasteiger partial charge is 0.0865 e. The summed E-state index contributed by atoms with van der Waals surface area (Å²) in [5.41, 5.74) is 0. The molecule has 0 aliphatic rings. The Kier molecular flexibility index (Phi) is 4.78. The highest BCUT2D eigenvalue weighted by Gasteiger charge is 1.99. The Labute approximate surface area is 58.4 Å². The summed E-state index contributed by atoms with van der Waals surface area (Å²) >= 11 is 0. The lowest BCUT2D eigenvalue weighted by Crippen LogP contribution is -2.06. The SMILES string of the molecule is CCC(C)O[CH]C(C)C. The normalized spacial score (nSPS) is 14.3. The molecule has 0 saturated heterocycles. The zero-order valence-electron chi connectivity index (χ0n) is 6.85. The summed E-state index contributed by atoms with van der Waals surface area (Å²) in [7, 11) is 0. The highest BCUT2D eigenvalue weighted by molar-refractivity contribution is 4.58. The van der Waals surface area contributed by atoms with Gasteiger partial charge in [-0.05, 0) is 19.3 Å². The van der Waals surface area contributed by atoms with E-state index in [2.05, 4.69) is 27.7 Å². The summed E-state index contributed by atoms with van der Waals surface area (Å²) in [6, 6.07) is 0. The maximum Gasteiger partial charge on any atom is 0.0865 e. The summed E-state index contributed by atoms with van der Waals surface area (Å²) in [6.07, 6.45) is 1.47. The molecule has 0 heterocycles. The van der Waals surface area contributed by atoms with E-state index in [1.54, 1.807) is 0 Å². The number of hydrogen-bond donors (Lipinski definition) is 0. The van der Waals surface area contributed by atoms with Crippen LogP contribution in [0.2, 0.25) is 0 Å². The van der Waals surface area contributed by atoms with Gasteiger partial charge in [0.15, 0.2) is 0 Å². The molecule has 1 unspecified atom stereocenters. The van der Waals surface area contributed by atoms with E-state index in [1.165, 1.54) is 0 Å². The molecule has 55 valence electrons. The fourth-order valence-corrected chi connectivity index (χ4v) is 0.387. The van der Waals surface area contributed by atoms with Crippen LogP contribution in [0.3, 0.4) is 0 Å². The average molecular weight is 129 g/mol. The summed E-state index contributed by atoms with van der Waals surface area (Å²) < 4.78 is 5.33. The van der Waals surface area contributed by atoms with Crippen LogP contribution in [0.4, 0.5) is 0 Å². The van der Waals surface area contributed by atoms with Crippen molar-refractivity contribution in [1.29, 1.82) is 0 Å². The summed E-state index contributed by atoms with van der Waals surface area (Å²) in [5, 5.41) is 0. The largest absolute Gasteiger partial charge is 0.372 e. The molecule has 1 nitrogen and oxygen atoms in total. The van der Waals surface area contributed by atoms with Crippen LogP contribution in [0.1, 0.15) is 34.1 Å². The second-order valence-corrected chi connectivity index (χ2v) is 2.74. The Hall–Kier alpha value is -0.0400. The summed E-state index contributed by atoms with van der Waals surface area (Å²) in [4.78, 5) is 0. The van der Waals surface area contributed by atoms with Crippen molar-refractivity contribution in [1.82, 2.24) is 0 Å². The molecule has 1 heteroatoms. The fraction of sp³-hybridized carbons (Fsp3) is 0.875. The zero-order chi connectivity index (χ0) is 7.28. The molecule has 0 rings (SSSR count). The Morgan fingerprint density at radius 1 is 1.33 bits per heavy atom. The topological polar surface area (TPSA) is 9.23 Å². The van der Waals surface area contributed by atoms with Gasteiger partial charge < -0.3 is 4.74 Å². The van der Waals surface area contributed by atoms with Crippen LogP contribution in [-0.4, -0.2) is 6.10 Å². The van der Waals surface area contributed by atoms with Crippen LogP contribution in [0.25, 0.3) is 0 Å². The Bertz CT molecular complexity index is 59.6. The second-order valence-electron chi connectivity index (χ2n) is 2.74. The Morgan fingerprint density at radius 2 is 1.89 bits per heavy atom.